The van der Waals surface area contributed by atoms with E-state index >= 15 is 0 Å². The van der Waals surface area contributed by atoms with Crippen molar-refractivity contribution in [2.75, 3.05) is 53.6 Å². The van der Waals surface area contributed by atoms with E-state index in [1.54, 1.807) is 7.11 Å². The summed E-state index contributed by atoms with van der Waals surface area (Å²) in [5, 5.41) is 9.75. The molecule has 0 aromatic heterocycles. The van der Waals surface area contributed by atoms with Crippen LogP contribution in [0.15, 0.2) is 0 Å². The summed E-state index contributed by atoms with van der Waals surface area (Å²) in [5.41, 5.74) is 5.75. The zero-order valence-corrected chi connectivity index (χ0v) is 11.6. The number of hydrogen-bond acceptors (Lipinski definition) is 5. The molecule has 104 valence electrons. The van der Waals surface area contributed by atoms with E-state index in [0.29, 0.717) is 32.9 Å². The summed E-state index contributed by atoms with van der Waals surface area (Å²) in [5.74, 6) is 0. The monoisotopic (exact) mass is 248 g/mol. The Kier molecular flexibility index (Phi) is 8.72. The van der Waals surface area contributed by atoms with Crippen molar-refractivity contribution in [3.8, 4) is 0 Å². The van der Waals surface area contributed by atoms with Crippen molar-refractivity contribution in [1.82, 2.24) is 4.90 Å². The summed E-state index contributed by atoms with van der Waals surface area (Å²) < 4.78 is 10.1. The first-order valence-electron chi connectivity index (χ1n) is 6.04. The quantitative estimate of drug-likeness (QED) is 0.530. The maximum Gasteiger partial charge on any atom is 0.0900 e. The lowest BCUT2D eigenvalue weighted by Crippen LogP contribution is -2.41. The third kappa shape index (κ3) is 9.50. The van der Waals surface area contributed by atoms with Crippen molar-refractivity contribution in [2.24, 2.45) is 11.1 Å². The number of rotatable bonds is 10. The Morgan fingerprint density at radius 2 is 2.00 bits per heavy atom. The second-order valence-electron chi connectivity index (χ2n) is 5.29. The highest BCUT2D eigenvalue weighted by atomic mass is 16.5. The molecule has 0 radical (unpaired) electrons. The fraction of sp³-hybridized carbons (Fsp3) is 1.00. The van der Waals surface area contributed by atoms with Crippen molar-refractivity contribution < 1.29 is 14.6 Å². The van der Waals surface area contributed by atoms with Crippen LogP contribution in [-0.4, -0.2) is 69.7 Å². The molecule has 1 atom stereocenters. The highest BCUT2D eigenvalue weighted by molar-refractivity contribution is 4.74. The van der Waals surface area contributed by atoms with Crippen molar-refractivity contribution in [1.29, 1.82) is 0 Å². The summed E-state index contributed by atoms with van der Waals surface area (Å²) in [4.78, 5) is 2.08. The molecule has 17 heavy (non-hydrogen) atoms. The molecule has 0 fully saturated rings. The van der Waals surface area contributed by atoms with Gasteiger partial charge in [-0.2, -0.15) is 0 Å². The van der Waals surface area contributed by atoms with Crippen LogP contribution in [0.1, 0.15) is 13.8 Å². The van der Waals surface area contributed by atoms with Gasteiger partial charge in [0.25, 0.3) is 0 Å². The van der Waals surface area contributed by atoms with E-state index in [1.807, 2.05) is 7.05 Å². The Morgan fingerprint density at radius 1 is 1.35 bits per heavy atom. The molecule has 1 unspecified atom stereocenters. The number of aliphatic hydroxyl groups is 1. The average Bonchev–Trinajstić information content (AvgIpc) is 2.23. The van der Waals surface area contributed by atoms with Gasteiger partial charge in [-0.3, -0.25) is 0 Å². The molecule has 5 nitrogen and oxygen atoms in total. The van der Waals surface area contributed by atoms with Crippen molar-refractivity contribution >= 4 is 0 Å². The first kappa shape index (κ1) is 16.8. The van der Waals surface area contributed by atoms with Crippen LogP contribution in [0, 0.1) is 5.41 Å². The SMILES string of the molecule is COCCOCC(O)CN(C)CC(C)(C)CN. The fourth-order valence-electron chi connectivity index (χ4n) is 1.63. The summed E-state index contributed by atoms with van der Waals surface area (Å²) in [6, 6.07) is 0. The maximum absolute atomic E-state index is 9.75. The Bertz CT molecular complexity index is 189. The molecule has 5 heteroatoms. The third-order valence-electron chi connectivity index (χ3n) is 2.51. The lowest BCUT2D eigenvalue weighted by molar-refractivity contribution is -0.000718. The highest BCUT2D eigenvalue weighted by Gasteiger charge is 2.19. The number of likely N-dealkylation sites (N-methyl/N-ethyl adjacent to an activating group) is 1. The minimum Gasteiger partial charge on any atom is -0.389 e. The molecule has 0 aromatic carbocycles. The summed E-state index contributed by atoms with van der Waals surface area (Å²) >= 11 is 0. The van der Waals surface area contributed by atoms with E-state index in [9.17, 15) is 5.11 Å². The molecule has 0 bridgehead atoms. The molecule has 0 saturated heterocycles. The lowest BCUT2D eigenvalue weighted by Gasteiger charge is -2.30. The van der Waals surface area contributed by atoms with Crippen LogP contribution in [0.5, 0.6) is 0 Å². The predicted octanol–water partition coefficient (Wildman–Crippen LogP) is -0.0730. The molecule has 0 rings (SSSR count). The molecule has 0 heterocycles. The van der Waals surface area contributed by atoms with Gasteiger partial charge in [-0.15, -0.1) is 0 Å². The normalized spacial score (nSPS) is 14.3. The molecule has 0 aromatic rings. The minimum atomic E-state index is -0.467. The zero-order valence-electron chi connectivity index (χ0n) is 11.6. The Balaban J connectivity index is 3.68. The first-order chi connectivity index (χ1) is 7.91. The molecular formula is C12H28N2O3. The third-order valence-corrected chi connectivity index (χ3v) is 2.51. The molecule has 0 saturated carbocycles. The number of nitrogens with zero attached hydrogens (tertiary/aromatic N) is 1. The first-order valence-corrected chi connectivity index (χ1v) is 6.04. The molecular weight excluding hydrogens is 220 g/mol. The van der Waals surface area contributed by atoms with Gasteiger partial charge in [-0.25, -0.2) is 0 Å². The molecule has 0 aliphatic carbocycles. The van der Waals surface area contributed by atoms with Crippen molar-refractivity contribution in [3.63, 3.8) is 0 Å². The van der Waals surface area contributed by atoms with Crippen LogP contribution in [0.25, 0.3) is 0 Å². The largest absolute Gasteiger partial charge is 0.389 e. The van der Waals surface area contributed by atoms with Crippen molar-refractivity contribution in [3.05, 3.63) is 0 Å². The lowest BCUT2D eigenvalue weighted by atomic mass is 9.93. The van der Waals surface area contributed by atoms with Crippen LogP contribution in [-0.2, 0) is 9.47 Å². The van der Waals surface area contributed by atoms with Gasteiger partial charge in [0.05, 0.1) is 25.9 Å². The number of nitrogens with two attached hydrogens (primary N) is 1. The summed E-state index contributed by atoms with van der Waals surface area (Å²) in [6.45, 7) is 7.74. The van der Waals surface area contributed by atoms with E-state index in [0.717, 1.165) is 6.54 Å². The van der Waals surface area contributed by atoms with Crippen LogP contribution >= 0.6 is 0 Å². The van der Waals surface area contributed by atoms with Crippen LogP contribution in [0.4, 0.5) is 0 Å². The van der Waals surface area contributed by atoms with E-state index in [2.05, 4.69) is 18.7 Å². The van der Waals surface area contributed by atoms with Crippen LogP contribution in [0.2, 0.25) is 0 Å². The number of ether oxygens (including phenoxy) is 2. The van der Waals surface area contributed by atoms with Gasteiger partial charge in [0, 0.05) is 20.2 Å². The van der Waals surface area contributed by atoms with E-state index in [1.165, 1.54) is 0 Å². The standard InChI is InChI=1S/C12H28N2O3/c1-12(2,9-13)10-14(3)7-11(15)8-17-6-5-16-4/h11,15H,5-10,13H2,1-4H3. The maximum atomic E-state index is 9.75. The fourth-order valence-corrected chi connectivity index (χ4v) is 1.63. The molecule has 0 aliphatic heterocycles. The van der Waals surface area contributed by atoms with Gasteiger partial charge >= 0.3 is 0 Å². The molecule has 0 aliphatic rings. The number of hydrogen-bond donors (Lipinski definition) is 2. The highest BCUT2D eigenvalue weighted by Crippen LogP contribution is 2.13. The molecule has 0 amide bonds. The predicted molar refractivity (Wildman–Crippen MR) is 69.0 cm³/mol. The van der Waals surface area contributed by atoms with Crippen LogP contribution in [0.3, 0.4) is 0 Å². The smallest absolute Gasteiger partial charge is 0.0900 e. The summed E-state index contributed by atoms with van der Waals surface area (Å²) in [6.07, 6.45) is -0.467. The molecule has 3 N–H and O–H groups in total. The van der Waals surface area contributed by atoms with E-state index in [-0.39, 0.29) is 5.41 Å². The average molecular weight is 248 g/mol. The van der Waals surface area contributed by atoms with Crippen LogP contribution < -0.4 is 5.73 Å². The zero-order chi connectivity index (χ0) is 13.3. The number of aliphatic hydroxyl groups excluding tert-OH is 1. The second kappa shape index (κ2) is 8.83. The Hall–Kier alpha value is -0.200. The van der Waals surface area contributed by atoms with Gasteiger partial charge in [0.1, 0.15) is 0 Å². The summed E-state index contributed by atoms with van der Waals surface area (Å²) in [7, 11) is 3.61. The topological polar surface area (TPSA) is 68.0 Å². The van der Waals surface area contributed by atoms with Gasteiger partial charge < -0.3 is 25.2 Å². The van der Waals surface area contributed by atoms with Gasteiger partial charge in [-0.05, 0) is 19.0 Å². The Morgan fingerprint density at radius 3 is 2.53 bits per heavy atom. The van der Waals surface area contributed by atoms with E-state index in [4.69, 9.17) is 15.2 Å². The second-order valence-corrected chi connectivity index (χ2v) is 5.29. The van der Waals surface area contributed by atoms with Crippen molar-refractivity contribution in [2.45, 2.75) is 20.0 Å². The van der Waals surface area contributed by atoms with Gasteiger partial charge in [0.2, 0.25) is 0 Å². The van der Waals surface area contributed by atoms with Gasteiger partial charge in [-0.1, -0.05) is 13.8 Å². The Labute approximate surface area is 105 Å². The number of methoxy groups -OCH3 is 1. The minimum absolute atomic E-state index is 0.0748. The van der Waals surface area contributed by atoms with E-state index < -0.39 is 6.10 Å². The molecule has 0 spiro atoms. The van der Waals surface area contributed by atoms with Gasteiger partial charge in [0.15, 0.2) is 0 Å².